The topological polar surface area (TPSA) is 41.6 Å². The molecule has 0 spiro atoms. The van der Waals surface area contributed by atoms with Crippen LogP contribution < -0.4 is 5.32 Å². The lowest BCUT2D eigenvalue weighted by molar-refractivity contribution is -0.148. The Balaban J connectivity index is 2.51. The fraction of sp³-hybridized carbons (Fsp3) is 0.933. The van der Waals surface area contributed by atoms with E-state index in [-0.39, 0.29) is 5.97 Å². The van der Waals surface area contributed by atoms with E-state index in [0.717, 1.165) is 50.9 Å². The van der Waals surface area contributed by atoms with E-state index in [4.69, 9.17) is 4.74 Å². The Morgan fingerprint density at radius 1 is 1.37 bits per heavy atom. The van der Waals surface area contributed by atoms with Crippen molar-refractivity contribution >= 4 is 5.97 Å². The van der Waals surface area contributed by atoms with Gasteiger partial charge in [-0.25, -0.2) is 0 Å². The molecular weight excluding hydrogens is 240 g/mol. The highest BCUT2D eigenvalue weighted by atomic mass is 16.5. The first-order valence-corrected chi connectivity index (χ1v) is 7.48. The number of nitrogens with one attached hydrogen (secondary N) is 1. The van der Waals surface area contributed by atoms with Crippen LogP contribution in [-0.4, -0.2) is 49.7 Å². The maximum absolute atomic E-state index is 12.0. The van der Waals surface area contributed by atoms with Gasteiger partial charge in [-0.15, -0.1) is 0 Å². The number of rotatable bonds is 7. The van der Waals surface area contributed by atoms with Crippen molar-refractivity contribution < 1.29 is 9.53 Å². The Morgan fingerprint density at radius 3 is 2.42 bits per heavy atom. The molecule has 0 amide bonds. The monoisotopic (exact) mass is 270 g/mol. The summed E-state index contributed by atoms with van der Waals surface area (Å²) in [6.07, 6.45) is 1.82. The van der Waals surface area contributed by atoms with Gasteiger partial charge in [0.2, 0.25) is 0 Å². The molecule has 0 aromatic rings. The van der Waals surface area contributed by atoms with E-state index < -0.39 is 5.54 Å². The predicted molar refractivity (Wildman–Crippen MR) is 78.1 cm³/mol. The summed E-state index contributed by atoms with van der Waals surface area (Å²) in [5.41, 5.74) is -0.556. The Hall–Kier alpha value is -0.610. The summed E-state index contributed by atoms with van der Waals surface area (Å²) in [5.74, 6) is 1.36. The minimum Gasteiger partial charge on any atom is -0.468 e. The van der Waals surface area contributed by atoms with Crippen LogP contribution in [-0.2, 0) is 9.53 Å². The van der Waals surface area contributed by atoms with Crippen LogP contribution in [0.4, 0.5) is 0 Å². The smallest absolute Gasteiger partial charge is 0.325 e. The van der Waals surface area contributed by atoms with Gasteiger partial charge in [0.25, 0.3) is 0 Å². The highest BCUT2D eigenvalue weighted by molar-refractivity contribution is 5.80. The predicted octanol–water partition coefficient (Wildman–Crippen LogP) is 1.90. The van der Waals surface area contributed by atoms with Gasteiger partial charge in [0.1, 0.15) is 5.54 Å². The van der Waals surface area contributed by atoms with Crippen LogP contribution in [0.2, 0.25) is 0 Å². The molecule has 112 valence electrons. The molecule has 4 nitrogen and oxygen atoms in total. The number of hydrogen-bond donors (Lipinski definition) is 1. The lowest BCUT2D eigenvalue weighted by Crippen LogP contribution is -2.52. The quantitative estimate of drug-likeness (QED) is 0.717. The number of carbonyl (C=O) groups excluding carboxylic acids is 1. The largest absolute Gasteiger partial charge is 0.468 e. The van der Waals surface area contributed by atoms with Crippen molar-refractivity contribution in [1.82, 2.24) is 10.2 Å². The van der Waals surface area contributed by atoms with Crippen LogP contribution in [0.25, 0.3) is 0 Å². The van der Waals surface area contributed by atoms with Gasteiger partial charge in [0.05, 0.1) is 7.11 Å². The standard InChI is InChI=1S/C15H30N2O2/c1-6-8-16-15(4,14(18)19-5)7-9-17-10-12(2)13(3)11-17/h12-13,16H,6-11H2,1-5H3. The van der Waals surface area contributed by atoms with Crippen LogP contribution in [0.1, 0.15) is 40.5 Å². The van der Waals surface area contributed by atoms with Gasteiger partial charge < -0.3 is 15.0 Å². The summed E-state index contributed by atoms with van der Waals surface area (Å²) in [7, 11) is 1.47. The van der Waals surface area contributed by atoms with E-state index in [2.05, 4.69) is 31.0 Å². The third kappa shape index (κ3) is 4.46. The molecule has 0 aromatic carbocycles. The zero-order valence-corrected chi connectivity index (χ0v) is 13.2. The van der Waals surface area contributed by atoms with Crippen molar-refractivity contribution in [3.05, 3.63) is 0 Å². The molecule has 19 heavy (non-hydrogen) atoms. The molecule has 1 rings (SSSR count). The van der Waals surface area contributed by atoms with E-state index in [1.807, 2.05) is 6.92 Å². The number of ether oxygens (including phenoxy) is 1. The van der Waals surface area contributed by atoms with Crippen molar-refractivity contribution in [2.45, 2.75) is 46.1 Å². The first-order valence-electron chi connectivity index (χ1n) is 7.48. The lowest BCUT2D eigenvalue weighted by atomic mass is 9.97. The molecule has 3 atom stereocenters. The SMILES string of the molecule is CCCNC(C)(CCN1CC(C)C(C)C1)C(=O)OC. The van der Waals surface area contributed by atoms with E-state index in [0.29, 0.717) is 0 Å². The van der Waals surface area contributed by atoms with E-state index in [1.165, 1.54) is 7.11 Å². The normalized spacial score (nSPS) is 27.2. The first-order chi connectivity index (χ1) is 8.92. The summed E-state index contributed by atoms with van der Waals surface area (Å²) in [6, 6.07) is 0. The van der Waals surface area contributed by atoms with Gasteiger partial charge in [-0.2, -0.15) is 0 Å². The van der Waals surface area contributed by atoms with Gasteiger partial charge in [0, 0.05) is 19.6 Å². The molecule has 4 heteroatoms. The van der Waals surface area contributed by atoms with Gasteiger partial charge >= 0.3 is 5.97 Å². The molecule has 0 aromatic heterocycles. The molecule has 1 aliphatic rings. The van der Waals surface area contributed by atoms with E-state index in [1.54, 1.807) is 0 Å². The molecule has 0 saturated carbocycles. The van der Waals surface area contributed by atoms with Gasteiger partial charge in [0.15, 0.2) is 0 Å². The fourth-order valence-corrected chi connectivity index (χ4v) is 2.70. The van der Waals surface area contributed by atoms with Crippen LogP contribution in [0, 0.1) is 11.8 Å². The molecule has 0 bridgehead atoms. The minimum atomic E-state index is -0.556. The Kier molecular flexibility index (Phi) is 6.27. The van der Waals surface area contributed by atoms with Gasteiger partial charge in [-0.1, -0.05) is 20.8 Å². The summed E-state index contributed by atoms with van der Waals surface area (Å²) in [4.78, 5) is 14.4. The van der Waals surface area contributed by atoms with Crippen LogP contribution >= 0.6 is 0 Å². The Labute approximate surface area is 117 Å². The highest BCUT2D eigenvalue weighted by Crippen LogP contribution is 2.23. The van der Waals surface area contributed by atoms with Gasteiger partial charge in [-0.05, 0) is 38.1 Å². The maximum atomic E-state index is 12.0. The summed E-state index contributed by atoms with van der Waals surface area (Å²) in [5, 5.41) is 3.34. The number of carbonyl (C=O) groups is 1. The number of methoxy groups -OCH3 is 1. The van der Waals surface area contributed by atoms with Crippen molar-refractivity contribution in [2.75, 3.05) is 33.3 Å². The van der Waals surface area contributed by atoms with Crippen molar-refractivity contribution in [3.63, 3.8) is 0 Å². The second-order valence-corrected chi connectivity index (χ2v) is 6.21. The molecule has 3 unspecified atom stereocenters. The minimum absolute atomic E-state index is 0.152. The van der Waals surface area contributed by atoms with Crippen molar-refractivity contribution in [2.24, 2.45) is 11.8 Å². The number of hydrogen-bond acceptors (Lipinski definition) is 4. The number of nitrogens with zero attached hydrogens (tertiary/aromatic N) is 1. The summed E-state index contributed by atoms with van der Waals surface area (Å²) in [6.45, 7) is 12.8. The molecular formula is C15H30N2O2. The number of likely N-dealkylation sites (tertiary alicyclic amines) is 1. The molecule has 1 fully saturated rings. The average molecular weight is 270 g/mol. The van der Waals surface area contributed by atoms with Crippen LogP contribution in [0.15, 0.2) is 0 Å². The second kappa shape index (κ2) is 7.25. The van der Waals surface area contributed by atoms with Gasteiger partial charge in [-0.3, -0.25) is 4.79 Å². The third-order valence-corrected chi connectivity index (χ3v) is 4.39. The fourth-order valence-electron chi connectivity index (χ4n) is 2.70. The summed E-state index contributed by atoms with van der Waals surface area (Å²) < 4.78 is 4.95. The second-order valence-electron chi connectivity index (χ2n) is 6.21. The average Bonchev–Trinajstić information content (AvgIpc) is 2.72. The molecule has 1 aliphatic heterocycles. The van der Waals surface area contributed by atoms with Crippen molar-refractivity contribution in [3.8, 4) is 0 Å². The lowest BCUT2D eigenvalue weighted by Gasteiger charge is -2.30. The van der Waals surface area contributed by atoms with E-state index >= 15 is 0 Å². The highest BCUT2D eigenvalue weighted by Gasteiger charge is 2.35. The first kappa shape index (κ1) is 16.4. The number of esters is 1. The molecule has 0 radical (unpaired) electrons. The zero-order valence-electron chi connectivity index (χ0n) is 13.2. The molecule has 1 N–H and O–H groups in total. The van der Waals surface area contributed by atoms with Crippen LogP contribution in [0.5, 0.6) is 0 Å². The van der Waals surface area contributed by atoms with Crippen molar-refractivity contribution in [1.29, 1.82) is 0 Å². The molecule has 1 heterocycles. The Bertz CT molecular complexity index is 286. The molecule has 0 aliphatic carbocycles. The van der Waals surface area contributed by atoms with Crippen LogP contribution in [0.3, 0.4) is 0 Å². The maximum Gasteiger partial charge on any atom is 0.325 e. The summed E-state index contributed by atoms with van der Waals surface area (Å²) >= 11 is 0. The molecule has 1 saturated heterocycles. The Morgan fingerprint density at radius 2 is 1.95 bits per heavy atom. The zero-order chi connectivity index (χ0) is 14.5. The van der Waals surface area contributed by atoms with E-state index in [9.17, 15) is 4.79 Å². The third-order valence-electron chi connectivity index (χ3n) is 4.39.